The number of aromatic nitrogens is 2. The molecule has 0 bridgehead atoms. The molecule has 0 saturated heterocycles. The molecule has 1 aromatic carbocycles. The van der Waals surface area contributed by atoms with Gasteiger partial charge in [0.15, 0.2) is 11.6 Å². The van der Waals surface area contributed by atoms with E-state index in [4.69, 9.17) is 11.5 Å². The molecule has 24 heavy (non-hydrogen) atoms. The van der Waals surface area contributed by atoms with Crippen LogP contribution in [0.2, 0.25) is 0 Å². The van der Waals surface area contributed by atoms with Gasteiger partial charge in [-0.05, 0) is 43.7 Å². The van der Waals surface area contributed by atoms with Crippen molar-refractivity contribution >= 4 is 11.8 Å². The van der Waals surface area contributed by atoms with Gasteiger partial charge in [-0.15, -0.1) is 0 Å². The lowest BCUT2D eigenvalue weighted by Crippen LogP contribution is -2.10. The Morgan fingerprint density at radius 2 is 1.79 bits per heavy atom. The lowest BCUT2D eigenvalue weighted by atomic mass is 9.91. The van der Waals surface area contributed by atoms with Crippen molar-refractivity contribution in [2.24, 2.45) is 0 Å². The largest absolute Gasteiger partial charge is 0.383 e. The molecular weight excluding hydrogens is 317 g/mol. The van der Waals surface area contributed by atoms with Crippen LogP contribution in [-0.4, -0.2) is 9.97 Å². The maximum atomic E-state index is 14.2. The summed E-state index contributed by atoms with van der Waals surface area (Å²) in [6.45, 7) is 4.91. The first kappa shape index (κ1) is 18.0. The average molecular weight is 338 g/mol. The van der Waals surface area contributed by atoms with Crippen molar-refractivity contribution in [1.82, 2.24) is 9.97 Å². The van der Waals surface area contributed by atoms with Crippen LogP contribution < -0.4 is 11.5 Å². The van der Waals surface area contributed by atoms with E-state index in [-0.39, 0.29) is 23.0 Å². The van der Waals surface area contributed by atoms with E-state index in [1.807, 2.05) is 6.92 Å². The molecule has 1 heterocycles. The molecule has 0 spiro atoms. The van der Waals surface area contributed by atoms with Crippen LogP contribution in [0, 0.1) is 24.4 Å². The number of rotatable bonds is 5. The summed E-state index contributed by atoms with van der Waals surface area (Å²) in [5.41, 5.74) is 12.8. The lowest BCUT2D eigenvalue weighted by molar-refractivity contribution is 0.474. The molecule has 130 valence electrons. The fraction of sp³-hybridized carbons (Fsp3) is 0.412. The van der Waals surface area contributed by atoms with Crippen molar-refractivity contribution < 1.29 is 13.2 Å². The van der Waals surface area contributed by atoms with Gasteiger partial charge < -0.3 is 11.5 Å². The standard InChI is InChI=1S/C17H21F3N4/c1-4-13-10(16(21)24-17(22)23-13)6-5-8(2)11-7-12(18)15(20)9(3)14(11)19/h7-8H,4-6H2,1-3H3,(H4,21,22,23,24). The maximum absolute atomic E-state index is 14.2. The van der Waals surface area contributed by atoms with E-state index < -0.39 is 17.5 Å². The van der Waals surface area contributed by atoms with E-state index in [9.17, 15) is 13.2 Å². The molecule has 0 aliphatic carbocycles. The zero-order chi connectivity index (χ0) is 18.0. The predicted octanol–water partition coefficient (Wildman–Crippen LogP) is 3.67. The Morgan fingerprint density at radius 3 is 2.42 bits per heavy atom. The number of aryl methyl sites for hydroxylation is 1. The first-order valence-electron chi connectivity index (χ1n) is 7.80. The second-order valence-corrected chi connectivity index (χ2v) is 5.89. The molecule has 4 N–H and O–H groups in total. The molecular formula is C17H21F3N4. The normalized spacial score (nSPS) is 12.4. The van der Waals surface area contributed by atoms with Crippen molar-refractivity contribution in [3.05, 3.63) is 45.9 Å². The summed E-state index contributed by atoms with van der Waals surface area (Å²) < 4.78 is 41.2. The average Bonchev–Trinajstić information content (AvgIpc) is 2.54. The Hall–Kier alpha value is -2.31. The first-order valence-corrected chi connectivity index (χ1v) is 7.80. The third-order valence-corrected chi connectivity index (χ3v) is 4.24. The monoisotopic (exact) mass is 338 g/mol. The van der Waals surface area contributed by atoms with Gasteiger partial charge in [-0.1, -0.05) is 13.8 Å². The van der Waals surface area contributed by atoms with E-state index in [0.717, 1.165) is 17.3 Å². The predicted molar refractivity (Wildman–Crippen MR) is 88.0 cm³/mol. The van der Waals surface area contributed by atoms with Crippen molar-refractivity contribution in [3.8, 4) is 0 Å². The van der Waals surface area contributed by atoms with Crippen LogP contribution in [0.3, 0.4) is 0 Å². The molecule has 4 nitrogen and oxygen atoms in total. The number of benzene rings is 1. The summed E-state index contributed by atoms with van der Waals surface area (Å²) in [4.78, 5) is 8.11. The molecule has 0 saturated carbocycles. The van der Waals surface area contributed by atoms with Crippen LogP contribution in [0.4, 0.5) is 24.9 Å². The van der Waals surface area contributed by atoms with Gasteiger partial charge in [0.05, 0.1) is 5.69 Å². The minimum Gasteiger partial charge on any atom is -0.383 e. The van der Waals surface area contributed by atoms with Crippen molar-refractivity contribution in [2.45, 2.75) is 46.0 Å². The second kappa shape index (κ2) is 7.07. The van der Waals surface area contributed by atoms with E-state index in [1.54, 1.807) is 6.92 Å². The molecule has 2 aromatic rings. The molecule has 0 aliphatic heterocycles. The summed E-state index contributed by atoms with van der Waals surface area (Å²) in [5.74, 6) is -2.80. The molecule has 2 rings (SSSR count). The Morgan fingerprint density at radius 1 is 1.12 bits per heavy atom. The van der Waals surface area contributed by atoms with Gasteiger partial charge in [-0.2, -0.15) is 4.98 Å². The van der Waals surface area contributed by atoms with Crippen LogP contribution in [0.25, 0.3) is 0 Å². The Kier molecular flexibility index (Phi) is 5.31. The molecule has 0 radical (unpaired) electrons. The molecule has 7 heteroatoms. The number of nitrogens with zero attached hydrogens (tertiary/aromatic N) is 2. The van der Waals surface area contributed by atoms with Crippen LogP contribution in [-0.2, 0) is 12.8 Å². The highest BCUT2D eigenvalue weighted by atomic mass is 19.2. The fourth-order valence-electron chi connectivity index (χ4n) is 2.76. The summed E-state index contributed by atoms with van der Waals surface area (Å²) >= 11 is 0. The molecule has 1 aromatic heterocycles. The number of hydrogen-bond donors (Lipinski definition) is 2. The number of nitrogens with two attached hydrogens (primary N) is 2. The Balaban J connectivity index is 2.25. The maximum Gasteiger partial charge on any atom is 0.222 e. The van der Waals surface area contributed by atoms with Crippen molar-refractivity contribution in [2.75, 3.05) is 11.5 Å². The van der Waals surface area contributed by atoms with Gasteiger partial charge in [0.2, 0.25) is 5.95 Å². The summed E-state index contributed by atoms with van der Waals surface area (Å²) in [7, 11) is 0. The van der Waals surface area contributed by atoms with Gasteiger partial charge >= 0.3 is 0 Å². The quantitative estimate of drug-likeness (QED) is 0.816. The summed E-state index contributed by atoms with van der Waals surface area (Å²) in [6, 6.07) is 0.923. The summed E-state index contributed by atoms with van der Waals surface area (Å²) in [6.07, 6.45) is 1.62. The molecule has 0 aliphatic rings. The van der Waals surface area contributed by atoms with E-state index in [0.29, 0.717) is 25.1 Å². The van der Waals surface area contributed by atoms with Crippen molar-refractivity contribution in [1.29, 1.82) is 0 Å². The highest BCUT2D eigenvalue weighted by molar-refractivity contribution is 5.46. The van der Waals surface area contributed by atoms with Gasteiger partial charge in [0.1, 0.15) is 11.6 Å². The number of halogens is 3. The van der Waals surface area contributed by atoms with Crippen LogP contribution in [0.5, 0.6) is 0 Å². The highest BCUT2D eigenvalue weighted by Gasteiger charge is 2.20. The topological polar surface area (TPSA) is 77.8 Å². The second-order valence-electron chi connectivity index (χ2n) is 5.89. The van der Waals surface area contributed by atoms with Crippen molar-refractivity contribution in [3.63, 3.8) is 0 Å². The molecule has 1 atom stereocenters. The van der Waals surface area contributed by atoms with Gasteiger partial charge in [0, 0.05) is 11.1 Å². The minimum atomic E-state index is -1.15. The number of nitrogen functional groups attached to an aromatic ring is 2. The van der Waals surface area contributed by atoms with E-state index >= 15 is 0 Å². The van der Waals surface area contributed by atoms with Gasteiger partial charge in [-0.3, -0.25) is 0 Å². The molecule has 1 unspecified atom stereocenters. The highest BCUT2D eigenvalue weighted by Crippen LogP contribution is 2.29. The van der Waals surface area contributed by atoms with Gasteiger partial charge in [0.25, 0.3) is 0 Å². The van der Waals surface area contributed by atoms with E-state index in [1.165, 1.54) is 6.92 Å². The first-order chi connectivity index (χ1) is 11.3. The molecule has 0 fully saturated rings. The third kappa shape index (κ3) is 3.44. The minimum absolute atomic E-state index is 0.114. The molecule has 0 amide bonds. The van der Waals surface area contributed by atoms with Crippen LogP contribution >= 0.6 is 0 Å². The SMILES string of the molecule is CCc1nc(N)nc(N)c1CCC(C)c1cc(F)c(F)c(C)c1F. The summed E-state index contributed by atoms with van der Waals surface area (Å²) in [5, 5.41) is 0. The Labute approximate surface area is 139 Å². The number of anilines is 2. The van der Waals surface area contributed by atoms with E-state index in [2.05, 4.69) is 9.97 Å². The number of hydrogen-bond acceptors (Lipinski definition) is 4. The fourth-order valence-corrected chi connectivity index (χ4v) is 2.76. The van der Waals surface area contributed by atoms with Crippen LogP contribution in [0.15, 0.2) is 6.07 Å². The zero-order valence-electron chi connectivity index (χ0n) is 14.0. The smallest absolute Gasteiger partial charge is 0.222 e. The van der Waals surface area contributed by atoms with Gasteiger partial charge in [-0.25, -0.2) is 18.2 Å². The zero-order valence-corrected chi connectivity index (χ0v) is 14.0. The third-order valence-electron chi connectivity index (χ3n) is 4.24. The van der Waals surface area contributed by atoms with Crippen LogP contribution in [0.1, 0.15) is 48.6 Å². The lowest BCUT2D eigenvalue weighted by Gasteiger charge is -2.17. The Bertz CT molecular complexity index is 762.